The first-order valence-corrected chi connectivity index (χ1v) is 10.5. The van der Waals surface area contributed by atoms with Crippen molar-refractivity contribution in [2.24, 2.45) is 0 Å². The first-order valence-electron chi connectivity index (χ1n) is 4.22. The van der Waals surface area contributed by atoms with Crippen LogP contribution in [0.3, 0.4) is 0 Å². The van der Waals surface area contributed by atoms with Crippen molar-refractivity contribution in [1.29, 1.82) is 0 Å². The van der Waals surface area contributed by atoms with E-state index in [1.165, 1.54) is 0 Å². The average Bonchev–Trinajstić information content (AvgIpc) is 2.37. The molecule has 0 aliphatic carbocycles. The van der Waals surface area contributed by atoms with Gasteiger partial charge in [-0.2, -0.15) is 0 Å². The molecule has 0 unspecified atom stereocenters. The molecule has 0 amide bonds. The number of hydrogen-bond donors (Lipinski definition) is 0. The third kappa shape index (κ3) is 80.0. The van der Waals surface area contributed by atoms with Gasteiger partial charge in [-0.05, 0) is 0 Å². The van der Waals surface area contributed by atoms with Gasteiger partial charge in [0.15, 0.2) is 24.0 Å². The normalized spacial score (nSPS) is 11.2. The molecule has 0 saturated carbocycles. The molecule has 0 aliphatic rings. The van der Waals surface area contributed by atoms with Crippen LogP contribution in [0.15, 0.2) is 0 Å². The van der Waals surface area contributed by atoms with Gasteiger partial charge < -0.3 is 18.2 Å². The Labute approximate surface area is 159 Å². The predicted octanol–water partition coefficient (Wildman–Crippen LogP) is -2.17. The summed E-state index contributed by atoms with van der Waals surface area (Å²) in [5.74, 6) is 0. The van der Waals surface area contributed by atoms with Crippen LogP contribution in [0.2, 0.25) is 0 Å². The Morgan fingerprint density at radius 2 is 0.480 bits per heavy atom. The smallest absolute Gasteiger partial charge is 0.746 e. The van der Waals surface area contributed by atoms with Crippen molar-refractivity contribution >= 4 is 40.5 Å². The summed E-state index contributed by atoms with van der Waals surface area (Å²) in [4.78, 5) is 0. The van der Waals surface area contributed by atoms with Crippen LogP contribution in [-0.4, -0.2) is 75.9 Å². The van der Waals surface area contributed by atoms with Gasteiger partial charge in [0.1, 0.15) is 40.5 Å². The molecule has 0 radical (unpaired) electrons. The minimum atomic E-state index is -4.58. The van der Waals surface area contributed by atoms with E-state index in [0.717, 1.165) is 0 Å². The van der Waals surface area contributed by atoms with E-state index in [2.05, 4.69) is 0 Å². The van der Waals surface area contributed by atoms with Crippen LogP contribution < -0.4 is 0 Å². The molecular weight excluding hydrogens is 536 g/mol. The molecule has 0 aromatic heterocycles. The predicted molar refractivity (Wildman–Crippen MR) is 62.7 cm³/mol. The molecule has 0 bridgehead atoms. The second-order valence-electron chi connectivity index (χ2n) is 2.67. The Morgan fingerprint density at radius 1 is 0.440 bits per heavy atom. The molecule has 0 fully saturated rings. The summed E-state index contributed by atoms with van der Waals surface area (Å²) < 4.78 is 151. The zero-order chi connectivity index (χ0) is 20.8. The largest absolute Gasteiger partial charge is 4.00 e. The van der Waals surface area contributed by atoms with Crippen molar-refractivity contribution in [3.63, 3.8) is 0 Å². The van der Waals surface area contributed by atoms with E-state index < -0.39 is 64.5 Å². The molecule has 152 valence electrons. The summed E-state index contributed by atoms with van der Waals surface area (Å²) in [5.41, 5.74) is 0. The molecule has 0 saturated heterocycles. The molecule has 12 nitrogen and oxygen atoms in total. The average molecular weight is 544 g/mol. The van der Waals surface area contributed by atoms with Crippen LogP contribution in [0.1, 0.15) is 0 Å². The quantitative estimate of drug-likeness (QED) is 0.272. The zero-order valence-electron chi connectivity index (χ0n) is 11.4. The van der Waals surface area contributed by atoms with Gasteiger partial charge in [0, 0.05) is 0 Å². The minimum Gasteiger partial charge on any atom is -0.746 e. The minimum absolute atomic E-state index is 0. The fraction of sp³-hybridized carbons (Fsp3) is 1.00. The van der Waals surface area contributed by atoms with Gasteiger partial charge >= 0.3 is 26.2 Å². The molecule has 25 heavy (non-hydrogen) atoms. The molecule has 21 heteroatoms. The van der Waals surface area contributed by atoms with Gasteiger partial charge in [-0.3, -0.25) is 0 Å². The fourth-order valence-corrected chi connectivity index (χ4v) is 0. The van der Waals surface area contributed by atoms with Gasteiger partial charge in [0.2, 0.25) is 0 Å². The first kappa shape index (κ1) is 36.2. The Hall–Kier alpha value is 0.243. The summed E-state index contributed by atoms with van der Waals surface area (Å²) in [7, 11) is -18.3. The van der Waals surface area contributed by atoms with Crippen LogP contribution in [0.5, 0.6) is 0 Å². The van der Waals surface area contributed by atoms with Gasteiger partial charge in [0.25, 0.3) is 0 Å². The second kappa shape index (κ2) is 16.4. The van der Waals surface area contributed by atoms with Crippen molar-refractivity contribution in [1.82, 2.24) is 0 Å². The third-order valence-electron chi connectivity index (χ3n) is 0.535. The maximum atomic E-state index is 10.6. The van der Waals surface area contributed by atoms with Crippen LogP contribution in [0, 0.1) is 0 Å². The molecule has 0 aromatic rings. The van der Waals surface area contributed by atoms with Gasteiger partial charge in [-0.25, -0.2) is 51.2 Å². The number of halogens is 4. The monoisotopic (exact) mass is 542 g/mol. The molecule has 0 atom stereocenters. The van der Waals surface area contributed by atoms with Crippen molar-refractivity contribution in [3.8, 4) is 0 Å². The summed E-state index contributed by atoms with van der Waals surface area (Å²) in [6.07, 6.45) is 0. The van der Waals surface area contributed by atoms with E-state index >= 15 is 0 Å². The summed E-state index contributed by atoms with van der Waals surface area (Å²) >= 11 is 0. The Bertz CT molecular complexity index is 585. The van der Waals surface area contributed by atoms with Crippen molar-refractivity contribution < 1.29 is 95.6 Å². The second-order valence-corrected chi connectivity index (χ2v) is 8.00. The number of rotatable bonds is 4. The molecule has 0 N–H and O–H groups in total. The van der Waals surface area contributed by atoms with E-state index in [1.54, 1.807) is 0 Å². The zero-order valence-corrected chi connectivity index (χ0v) is 17.1. The summed E-state index contributed by atoms with van der Waals surface area (Å²) in [6.45, 7) is 0. The number of alkyl halides is 4. The van der Waals surface area contributed by atoms with Crippen molar-refractivity contribution in [2.75, 3.05) is 24.0 Å². The molecule has 0 heterocycles. The maximum absolute atomic E-state index is 10.6. The van der Waals surface area contributed by atoms with Crippen LogP contribution in [0.25, 0.3) is 0 Å². The Morgan fingerprint density at radius 3 is 0.480 bits per heavy atom. The van der Waals surface area contributed by atoms with Gasteiger partial charge in [-0.1, -0.05) is 0 Å². The topological polar surface area (TPSA) is 229 Å². The fourth-order valence-electron chi connectivity index (χ4n) is 0. The van der Waals surface area contributed by atoms with Crippen LogP contribution in [-0.2, 0) is 66.7 Å². The van der Waals surface area contributed by atoms with E-state index in [0.29, 0.717) is 0 Å². The molecule has 0 aromatic carbocycles. The molecule has 0 rings (SSSR count). The molecular formula is C4H8F4O12S4Zr. The SMILES string of the molecule is O=S(=O)([O-])CF.O=S(=O)([O-])CF.O=S(=O)([O-])CF.O=S(=O)([O-])CF.[Zr+4]. The van der Waals surface area contributed by atoms with E-state index in [-0.39, 0.29) is 26.2 Å². The third-order valence-corrected chi connectivity index (χ3v) is 1.60. The van der Waals surface area contributed by atoms with E-state index in [1.807, 2.05) is 0 Å². The van der Waals surface area contributed by atoms with E-state index in [4.69, 9.17) is 51.9 Å². The van der Waals surface area contributed by atoms with E-state index in [9.17, 15) is 17.6 Å². The molecule has 0 aliphatic heterocycles. The first-order chi connectivity index (χ1) is 10.2. The summed E-state index contributed by atoms with van der Waals surface area (Å²) in [5, 5.41) is 0. The van der Waals surface area contributed by atoms with Gasteiger partial charge in [0.05, 0.1) is 0 Å². The maximum Gasteiger partial charge on any atom is 4.00 e. The van der Waals surface area contributed by atoms with Crippen molar-refractivity contribution in [2.45, 2.75) is 0 Å². The van der Waals surface area contributed by atoms with Gasteiger partial charge in [-0.15, -0.1) is 0 Å². The molecule has 0 spiro atoms. The number of hydrogen-bond acceptors (Lipinski definition) is 12. The Kier molecular flexibility index (Phi) is 23.8. The standard InChI is InChI=1S/4CH3FO3S.Zr/c4*2-1-6(3,4)5;/h4*1H2,(H,3,4,5);/q;;;;+4/p-4. The Balaban J connectivity index is -0.0000000702. The van der Waals surface area contributed by atoms with Crippen LogP contribution in [0.4, 0.5) is 17.6 Å². The summed E-state index contributed by atoms with van der Waals surface area (Å²) in [6, 6.07) is -7.25. The van der Waals surface area contributed by atoms with Crippen LogP contribution >= 0.6 is 0 Å². The van der Waals surface area contributed by atoms with Crippen molar-refractivity contribution in [3.05, 3.63) is 0 Å².